The third-order valence-corrected chi connectivity index (χ3v) is 9.68. The summed E-state index contributed by atoms with van der Waals surface area (Å²) < 4.78 is 48.6. The monoisotopic (exact) mass is 626 g/mol. The highest BCUT2D eigenvalue weighted by Crippen LogP contribution is 2.26. The fraction of sp³-hybridized carbons (Fsp3) is 0.241. The average molecular weight is 627 g/mol. The number of hydrogen-bond donors (Lipinski definition) is 4. The minimum Gasteiger partial charge on any atom is -0.388 e. The van der Waals surface area contributed by atoms with Gasteiger partial charge in [-0.05, 0) is 47.8 Å². The Kier molecular flexibility index (Phi) is 9.11. The lowest BCUT2D eigenvalue weighted by atomic mass is 10.0. The molecule has 0 aliphatic carbocycles. The van der Waals surface area contributed by atoms with E-state index in [1.165, 1.54) is 22.8 Å². The second kappa shape index (κ2) is 13.0. The van der Waals surface area contributed by atoms with Crippen LogP contribution >= 0.6 is 11.3 Å². The number of fused-ring (bicyclic) bond motifs is 1. The number of anilines is 2. The summed E-state index contributed by atoms with van der Waals surface area (Å²) in [4.78, 5) is 28.2. The molecule has 0 unspecified atom stereocenters. The van der Waals surface area contributed by atoms with Crippen LogP contribution in [0.15, 0.2) is 75.7 Å². The van der Waals surface area contributed by atoms with Crippen LogP contribution in [0, 0.1) is 5.82 Å². The molecular weight excluding hydrogens is 595 g/mol. The van der Waals surface area contributed by atoms with Crippen LogP contribution < -0.4 is 26.2 Å². The van der Waals surface area contributed by atoms with Crippen molar-refractivity contribution in [1.29, 1.82) is 0 Å². The molecule has 5 rings (SSSR count). The quantitative estimate of drug-likeness (QED) is 0.210. The van der Waals surface area contributed by atoms with Gasteiger partial charge in [0.2, 0.25) is 0 Å². The van der Waals surface area contributed by atoms with Crippen molar-refractivity contribution in [2.24, 2.45) is 0 Å². The zero-order chi connectivity index (χ0) is 30.6. The summed E-state index contributed by atoms with van der Waals surface area (Å²) in [5, 5.41) is 11.3. The highest BCUT2D eigenvalue weighted by molar-refractivity contribution is 7.92. The largest absolute Gasteiger partial charge is 0.388 e. The molecule has 1 aliphatic heterocycles. The molecular formula is C29H31FN6O5S2. The fourth-order valence-corrected chi connectivity index (χ4v) is 6.63. The van der Waals surface area contributed by atoms with Gasteiger partial charge in [-0.1, -0.05) is 12.6 Å². The number of aromatic nitrogens is 1. The van der Waals surface area contributed by atoms with E-state index in [1.54, 1.807) is 36.8 Å². The van der Waals surface area contributed by atoms with Gasteiger partial charge in [0, 0.05) is 72.8 Å². The van der Waals surface area contributed by atoms with Crippen LogP contribution in [0.3, 0.4) is 0 Å². The molecule has 0 saturated carbocycles. The van der Waals surface area contributed by atoms with Crippen molar-refractivity contribution in [1.82, 2.24) is 19.5 Å². The van der Waals surface area contributed by atoms with Gasteiger partial charge < -0.3 is 20.7 Å². The van der Waals surface area contributed by atoms with Crippen molar-refractivity contribution < 1.29 is 22.3 Å². The molecule has 4 N–H and O–H groups in total. The average Bonchev–Trinajstić information content (AvgIpc) is 3.54. The van der Waals surface area contributed by atoms with Crippen LogP contribution in [0.2, 0.25) is 0 Å². The number of morpholine rings is 1. The number of hydrogen-bond acceptors (Lipinski definition) is 9. The van der Waals surface area contributed by atoms with E-state index in [4.69, 9.17) is 4.74 Å². The summed E-state index contributed by atoms with van der Waals surface area (Å²) in [7, 11) is -2.29. The van der Waals surface area contributed by atoms with E-state index in [9.17, 15) is 18.0 Å². The van der Waals surface area contributed by atoms with Gasteiger partial charge in [0.15, 0.2) is 0 Å². The third-order valence-electron chi connectivity index (χ3n) is 6.95. The Morgan fingerprint density at radius 3 is 2.56 bits per heavy atom. The highest BCUT2D eigenvalue weighted by atomic mass is 32.2. The molecule has 2 aromatic carbocycles. The maximum atomic E-state index is 15.5. The lowest BCUT2D eigenvalue weighted by Crippen LogP contribution is -2.40. The number of amides is 2. The minimum atomic E-state index is -4.06. The fourth-order valence-electron chi connectivity index (χ4n) is 4.73. The van der Waals surface area contributed by atoms with Gasteiger partial charge in [0.25, 0.3) is 15.6 Å². The number of benzene rings is 2. The first kappa shape index (κ1) is 30.2. The Morgan fingerprint density at radius 1 is 1.09 bits per heavy atom. The number of halogens is 1. The molecule has 0 atom stereocenters. The highest BCUT2D eigenvalue weighted by Gasteiger charge is 2.20. The van der Waals surface area contributed by atoms with Crippen molar-refractivity contribution in [3.05, 3.63) is 88.4 Å². The maximum Gasteiger partial charge on any atom is 0.333 e. The molecule has 4 aromatic rings. The molecule has 0 radical (unpaired) electrons. The summed E-state index contributed by atoms with van der Waals surface area (Å²) in [6.07, 6.45) is 1.54. The first-order valence-corrected chi connectivity index (χ1v) is 15.8. The summed E-state index contributed by atoms with van der Waals surface area (Å²) in [6, 6.07) is 10.9. The number of nitrogens with zero attached hydrogens (tertiary/aromatic N) is 2. The van der Waals surface area contributed by atoms with E-state index in [0.29, 0.717) is 41.8 Å². The summed E-state index contributed by atoms with van der Waals surface area (Å²) in [5.41, 5.74) is 1.50. The Hall–Kier alpha value is -4.24. The number of carbonyl (C=O) groups excluding carboxylic acids is 1. The predicted molar refractivity (Wildman–Crippen MR) is 167 cm³/mol. The number of pyridine rings is 1. The molecule has 2 aromatic heterocycles. The molecule has 11 nitrogen and oxygen atoms in total. The Morgan fingerprint density at radius 2 is 1.86 bits per heavy atom. The summed E-state index contributed by atoms with van der Waals surface area (Å²) in [5.74, 6) is -0.802. The van der Waals surface area contributed by atoms with Gasteiger partial charge in [-0.2, -0.15) is 0 Å². The van der Waals surface area contributed by atoms with Gasteiger partial charge in [-0.15, -0.1) is 11.3 Å². The number of ether oxygens (including phenoxy) is 1. The van der Waals surface area contributed by atoms with Gasteiger partial charge in [0.1, 0.15) is 10.0 Å². The van der Waals surface area contributed by atoms with Crippen molar-refractivity contribution in [2.45, 2.75) is 4.21 Å². The molecule has 1 fully saturated rings. The van der Waals surface area contributed by atoms with Gasteiger partial charge >= 0.3 is 6.03 Å². The van der Waals surface area contributed by atoms with E-state index >= 15 is 4.39 Å². The predicted octanol–water partition coefficient (Wildman–Crippen LogP) is 3.64. The second-order valence-corrected chi connectivity index (χ2v) is 12.6. The lowest BCUT2D eigenvalue weighted by molar-refractivity contribution is 0.0388. The van der Waals surface area contributed by atoms with Crippen LogP contribution in [-0.2, 0) is 14.8 Å². The van der Waals surface area contributed by atoms with Gasteiger partial charge in [-0.25, -0.2) is 22.3 Å². The number of nitrogens with one attached hydrogen (secondary N) is 4. The van der Waals surface area contributed by atoms with E-state index in [2.05, 4.69) is 27.4 Å². The maximum absolute atomic E-state index is 15.5. The van der Waals surface area contributed by atoms with E-state index < -0.39 is 27.4 Å². The van der Waals surface area contributed by atoms with Crippen molar-refractivity contribution in [3.8, 4) is 5.69 Å². The summed E-state index contributed by atoms with van der Waals surface area (Å²) in [6.45, 7) is 8.70. The third kappa shape index (κ3) is 6.88. The van der Waals surface area contributed by atoms with Crippen LogP contribution in [-0.4, -0.2) is 70.4 Å². The van der Waals surface area contributed by atoms with E-state index in [1.807, 2.05) is 10.8 Å². The molecule has 3 heterocycles. The van der Waals surface area contributed by atoms with E-state index in [0.717, 1.165) is 42.7 Å². The smallest absolute Gasteiger partial charge is 0.333 e. The van der Waals surface area contributed by atoms with Crippen molar-refractivity contribution in [3.63, 3.8) is 0 Å². The molecule has 1 saturated heterocycles. The second-order valence-electron chi connectivity index (χ2n) is 9.75. The van der Waals surface area contributed by atoms with Gasteiger partial charge in [-0.3, -0.25) is 14.3 Å². The minimum absolute atomic E-state index is 0.00189. The number of rotatable bonds is 10. The Labute approximate surface area is 252 Å². The normalized spacial score (nSPS) is 13.9. The molecule has 2 amide bonds. The molecule has 0 spiro atoms. The molecule has 1 aliphatic rings. The zero-order valence-corrected chi connectivity index (χ0v) is 25.0. The first-order chi connectivity index (χ1) is 20.7. The van der Waals surface area contributed by atoms with Crippen LogP contribution in [0.25, 0.3) is 22.2 Å². The SMILES string of the molecule is C=C(NCCN1CCOCC1)c1cn(-c2ccc(NC(=O)NS(=O)(=O)c3cccs3)cc2F)c(=O)c2ccc(NC)cc12. The van der Waals surface area contributed by atoms with E-state index in [-0.39, 0.29) is 15.6 Å². The van der Waals surface area contributed by atoms with Gasteiger partial charge in [0.05, 0.1) is 18.9 Å². The van der Waals surface area contributed by atoms with Crippen LogP contribution in [0.4, 0.5) is 20.6 Å². The molecule has 226 valence electrons. The lowest BCUT2D eigenvalue weighted by Gasteiger charge is -2.27. The number of urea groups is 1. The Bertz CT molecular complexity index is 1820. The summed E-state index contributed by atoms with van der Waals surface area (Å²) >= 11 is 0.954. The number of sulfonamides is 1. The zero-order valence-electron chi connectivity index (χ0n) is 23.4. The Balaban J connectivity index is 1.41. The standard InChI is InChI=1S/C29H31FN6O5S2/c1-19(32-9-10-35-11-13-41-14-12-35)24-18-36(28(37)22-7-5-20(31-2)16-23(22)24)26-8-6-21(17-25(26)30)33-29(38)34-43(39,40)27-4-3-15-42-27/h3-8,15-18,31-32H,1,9-14H2,2H3,(H2,33,34,38). The number of carbonyl (C=O) groups is 1. The molecule has 0 bridgehead atoms. The molecule has 14 heteroatoms. The van der Waals surface area contributed by atoms with Crippen LogP contribution in [0.5, 0.6) is 0 Å². The first-order valence-electron chi connectivity index (χ1n) is 13.4. The van der Waals surface area contributed by atoms with Crippen molar-refractivity contribution >= 4 is 55.2 Å². The van der Waals surface area contributed by atoms with Crippen LogP contribution in [0.1, 0.15) is 5.56 Å². The topological polar surface area (TPSA) is 134 Å². The van der Waals surface area contributed by atoms with Crippen molar-refractivity contribution in [2.75, 3.05) is 57.1 Å². The number of thiophene rings is 1. The molecule has 43 heavy (non-hydrogen) atoms.